The minimum atomic E-state index is -0.603. The first-order valence-electron chi connectivity index (χ1n) is 6.37. The molecule has 1 atom stereocenters. The number of rotatable bonds is 5. The van der Waals surface area contributed by atoms with Gasteiger partial charge in [-0.3, -0.25) is 0 Å². The van der Waals surface area contributed by atoms with Crippen molar-refractivity contribution in [2.24, 2.45) is 0 Å². The molecule has 0 aromatic heterocycles. The van der Waals surface area contributed by atoms with Crippen LogP contribution in [0.2, 0.25) is 0 Å². The first-order valence-corrected chi connectivity index (χ1v) is 7.16. The Labute approximate surface area is 122 Å². The van der Waals surface area contributed by atoms with Crippen molar-refractivity contribution in [3.8, 4) is 5.75 Å². The van der Waals surface area contributed by atoms with Gasteiger partial charge in [0.1, 0.15) is 11.9 Å². The maximum atomic E-state index is 10.3. The molecule has 0 aliphatic rings. The highest BCUT2D eigenvalue weighted by molar-refractivity contribution is 9.10. The first-order chi connectivity index (χ1) is 9.20. The standard InChI is InChI=1S/C16H17BrO2/c1-2-11-19-15-9-5-13(6-10-15)16(18)12-3-7-14(17)8-4-12/h3-10,16,18H,2,11H2,1H3. The fourth-order valence-corrected chi connectivity index (χ4v) is 2.07. The van der Waals surface area contributed by atoms with Gasteiger partial charge in [-0.05, 0) is 41.8 Å². The van der Waals surface area contributed by atoms with Crippen molar-refractivity contribution in [2.45, 2.75) is 19.4 Å². The van der Waals surface area contributed by atoms with E-state index >= 15 is 0 Å². The SMILES string of the molecule is CCCOc1ccc(C(O)c2ccc(Br)cc2)cc1. The quantitative estimate of drug-likeness (QED) is 0.889. The van der Waals surface area contributed by atoms with Crippen LogP contribution in [-0.2, 0) is 0 Å². The lowest BCUT2D eigenvalue weighted by molar-refractivity contribution is 0.220. The van der Waals surface area contributed by atoms with E-state index in [2.05, 4.69) is 22.9 Å². The van der Waals surface area contributed by atoms with Gasteiger partial charge in [0.25, 0.3) is 0 Å². The van der Waals surface area contributed by atoms with Gasteiger partial charge in [-0.25, -0.2) is 0 Å². The highest BCUT2D eigenvalue weighted by atomic mass is 79.9. The van der Waals surface area contributed by atoms with Crippen molar-refractivity contribution in [3.63, 3.8) is 0 Å². The molecule has 0 bridgehead atoms. The Bertz CT molecular complexity index is 505. The van der Waals surface area contributed by atoms with Crippen LogP contribution < -0.4 is 4.74 Å². The zero-order chi connectivity index (χ0) is 13.7. The van der Waals surface area contributed by atoms with Crippen molar-refractivity contribution in [2.75, 3.05) is 6.61 Å². The van der Waals surface area contributed by atoms with E-state index in [4.69, 9.17) is 4.74 Å². The van der Waals surface area contributed by atoms with Gasteiger partial charge in [-0.15, -0.1) is 0 Å². The summed E-state index contributed by atoms with van der Waals surface area (Å²) in [6, 6.07) is 15.3. The van der Waals surface area contributed by atoms with Crippen LogP contribution in [0.25, 0.3) is 0 Å². The van der Waals surface area contributed by atoms with Crippen molar-refractivity contribution in [3.05, 3.63) is 64.1 Å². The zero-order valence-electron chi connectivity index (χ0n) is 10.8. The van der Waals surface area contributed by atoms with Crippen molar-refractivity contribution >= 4 is 15.9 Å². The van der Waals surface area contributed by atoms with Gasteiger partial charge in [0, 0.05) is 4.47 Å². The third-order valence-corrected chi connectivity index (χ3v) is 3.38. The van der Waals surface area contributed by atoms with Gasteiger partial charge in [-0.2, -0.15) is 0 Å². The molecule has 0 heterocycles. The number of benzene rings is 2. The molecule has 0 amide bonds. The largest absolute Gasteiger partial charge is 0.494 e. The van der Waals surface area contributed by atoms with E-state index in [1.54, 1.807) is 0 Å². The van der Waals surface area contributed by atoms with Gasteiger partial charge >= 0.3 is 0 Å². The molecule has 0 spiro atoms. The third kappa shape index (κ3) is 3.82. The second-order valence-electron chi connectivity index (χ2n) is 4.37. The average molecular weight is 321 g/mol. The third-order valence-electron chi connectivity index (χ3n) is 2.85. The summed E-state index contributed by atoms with van der Waals surface area (Å²) in [5, 5.41) is 10.3. The predicted octanol–water partition coefficient (Wildman–Crippen LogP) is 4.32. The van der Waals surface area contributed by atoms with Crippen molar-refractivity contribution in [1.82, 2.24) is 0 Å². The fourth-order valence-electron chi connectivity index (χ4n) is 1.80. The van der Waals surface area contributed by atoms with Crippen molar-refractivity contribution in [1.29, 1.82) is 0 Å². The van der Waals surface area contributed by atoms with Crippen LogP contribution in [0.15, 0.2) is 53.0 Å². The molecule has 1 N–H and O–H groups in total. The van der Waals surface area contributed by atoms with Gasteiger partial charge in [-0.1, -0.05) is 47.1 Å². The summed E-state index contributed by atoms with van der Waals surface area (Å²) in [6.45, 7) is 2.79. The van der Waals surface area contributed by atoms with Crippen molar-refractivity contribution < 1.29 is 9.84 Å². The highest BCUT2D eigenvalue weighted by Crippen LogP contribution is 2.25. The van der Waals surface area contributed by atoms with E-state index in [-0.39, 0.29) is 0 Å². The highest BCUT2D eigenvalue weighted by Gasteiger charge is 2.10. The number of hydrogen-bond donors (Lipinski definition) is 1. The van der Waals surface area contributed by atoms with E-state index in [0.717, 1.165) is 27.8 Å². The Kier molecular flexibility index (Phi) is 5.00. The molecule has 19 heavy (non-hydrogen) atoms. The zero-order valence-corrected chi connectivity index (χ0v) is 12.4. The molecule has 3 heteroatoms. The van der Waals surface area contributed by atoms with Crippen LogP contribution >= 0.6 is 15.9 Å². The number of aliphatic hydroxyl groups excluding tert-OH is 1. The van der Waals surface area contributed by atoms with E-state index < -0.39 is 6.10 Å². The lowest BCUT2D eigenvalue weighted by atomic mass is 10.0. The molecule has 1 unspecified atom stereocenters. The van der Waals surface area contributed by atoms with E-state index in [0.29, 0.717) is 6.61 Å². The molecule has 100 valence electrons. The molecule has 0 aliphatic carbocycles. The Morgan fingerprint density at radius 1 is 1.00 bits per heavy atom. The summed E-state index contributed by atoms with van der Waals surface area (Å²) < 4.78 is 6.53. The molecular weight excluding hydrogens is 304 g/mol. The molecule has 2 aromatic carbocycles. The first kappa shape index (κ1) is 14.1. The van der Waals surface area contributed by atoms with Crippen LogP contribution in [0.5, 0.6) is 5.75 Å². The van der Waals surface area contributed by atoms with Crippen LogP contribution in [0.1, 0.15) is 30.6 Å². The molecule has 2 nitrogen and oxygen atoms in total. The minimum absolute atomic E-state index is 0.603. The van der Waals surface area contributed by atoms with E-state index in [1.807, 2.05) is 48.5 Å². The maximum absolute atomic E-state index is 10.3. The minimum Gasteiger partial charge on any atom is -0.494 e. The topological polar surface area (TPSA) is 29.5 Å². The molecule has 0 aliphatic heterocycles. The Hall–Kier alpha value is -1.32. The van der Waals surface area contributed by atoms with E-state index in [1.165, 1.54) is 0 Å². The number of ether oxygens (including phenoxy) is 1. The molecule has 0 radical (unpaired) electrons. The van der Waals surface area contributed by atoms with Crippen LogP contribution in [0, 0.1) is 0 Å². The molecule has 0 saturated carbocycles. The van der Waals surface area contributed by atoms with E-state index in [9.17, 15) is 5.11 Å². The molecule has 2 aromatic rings. The lowest BCUT2D eigenvalue weighted by Gasteiger charge is -2.12. The maximum Gasteiger partial charge on any atom is 0.119 e. The van der Waals surface area contributed by atoms with Gasteiger partial charge in [0.05, 0.1) is 6.61 Å². The van der Waals surface area contributed by atoms with Crippen LogP contribution in [-0.4, -0.2) is 11.7 Å². The van der Waals surface area contributed by atoms with Gasteiger partial charge < -0.3 is 9.84 Å². The summed E-state index contributed by atoms with van der Waals surface area (Å²) in [4.78, 5) is 0. The van der Waals surface area contributed by atoms with Crippen LogP contribution in [0.4, 0.5) is 0 Å². The smallest absolute Gasteiger partial charge is 0.119 e. The second-order valence-corrected chi connectivity index (χ2v) is 5.29. The molecule has 2 rings (SSSR count). The van der Waals surface area contributed by atoms with Gasteiger partial charge in [0.15, 0.2) is 0 Å². The Morgan fingerprint density at radius 2 is 1.53 bits per heavy atom. The number of hydrogen-bond acceptors (Lipinski definition) is 2. The average Bonchev–Trinajstić information content (AvgIpc) is 2.46. The summed E-state index contributed by atoms with van der Waals surface area (Å²) in [5.41, 5.74) is 1.75. The van der Waals surface area contributed by atoms with Gasteiger partial charge in [0.2, 0.25) is 0 Å². The molecular formula is C16H17BrO2. The number of aliphatic hydroxyl groups is 1. The second kappa shape index (κ2) is 6.73. The summed E-state index contributed by atoms with van der Waals surface area (Å²) in [5.74, 6) is 0.841. The van der Waals surface area contributed by atoms with Crippen LogP contribution in [0.3, 0.4) is 0 Å². The summed E-state index contributed by atoms with van der Waals surface area (Å²) >= 11 is 3.39. The Balaban J connectivity index is 2.10. The lowest BCUT2D eigenvalue weighted by Crippen LogP contribution is -2.00. The summed E-state index contributed by atoms with van der Waals surface area (Å²) in [6.07, 6.45) is 0.386. The number of halogens is 1. The molecule has 0 saturated heterocycles. The molecule has 0 fully saturated rings. The Morgan fingerprint density at radius 3 is 2.05 bits per heavy atom. The fraction of sp³-hybridized carbons (Fsp3) is 0.250. The normalized spacial score (nSPS) is 12.2. The predicted molar refractivity (Wildman–Crippen MR) is 80.4 cm³/mol. The summed E-state index contributed by atoms with van der Waals surface area (Å²) in [7, 11) is 0. The monoisotopic (exact) mass is 320 g/mol.